The molecule has 7 aliphatic rings. The van der Waals surface area contributed by atoms with E-state index in [-0.39, 0.29) is 137 Å². The normalized spacial score (nSPS) is 50.8. The van der Waals surface area contributed by atoms with E-state index in [1.54, 1.807) is 0 Å². The number of carboxylic acids is 3. The summed E-state index contributed by atoms with van der Waals surface area (Å²) < 4.78 is 23.4. The molecule has 2 aliphatic heterocycles. The molecule has 0 aromatic rings. The molecule has 3 unspecified atom stereocenters. The minimum Gasteiger partial charge on any atom is -0.481 e. The largest absolute Gasteiger partial charge is 1.00 e. The molecular weight excluding hydrogens is 839 g/mol. The van der Waals surface area contributed by atoms with E-state index >= 15 is 0 Å². The Hall–Kier alpha value is 0.733. The van der Waals surface area contributed by atoms with Crippen LogP contribution in [0.3, 0.4) is 0 Å². The fourth-order valence-corrected chi connectivity index (χ4v) is 13.4. The minimum absolute atomic E-state index is 0. The average Bonchev–Trinajstić information content (AvgIpc) is 3.13. The van der Waals surface area contributed by atoms with Crippen LogP contribution in [-0.2, 0) is 38.1 Å². The summed E-state index contributed by atoms with van der Waals surface area (Å²) in [7, 11) is 0. The quantitative estimate of drug-likeness (QED) is 0.0902. The van der Waals surface area contributed by atoms with Crippen molar-refractivity contribution >= 4 is 23.7 Å². The summed E-state index contributed by atoms with van der Waals surface area (Å²) >= 11 is 0. The predicted molar refractivity (Wildman–Crippen MR) is 199 cm³/mol. The first kappa shape index (κ1) is 51.7. The van der Waals surface area contributed by atoms with E-state index in [0.29, 0.717) is 25.7 Å². The summed E-state index contributed by atoms with van der Waals surface area (Å²) in [5, 5.41) is 83.0. The van der Waals surface area contributed by atoms with Crippen molar-refractivity contribution in [2.24, 2.45) is 50.2 Å². The van der Waals surface area contributed by atoms with Gasteiger partial charge in [-0.3, -0.25) is 9.59 Å². The molecule has 4 saturated carbocycles. The van der Waals surface area contributed by atoms with Crippen LogP contribution < -0.4 is 103 Å². The molecule has 8 N–H and O–H groups in total. The number of aliphatic hydroxyl groups excluding tert-OH is 5. The van der Waals surface area contributed by atoms with Crippen LogP contribution in [-0.4, -0.2) is 132 Å². The van der Waals surface area contributed by atoms with Gasteiger partial charge in [-0.05, 0) is 110 Å². The van der Waals surface area contributed by atoms with E-state index in [1.165, 1.54) is 0 Å². The average molecular weight is 901 g/mol. The van der Waals surface area contributed by atoms with Gasteiger partial charge in [-0.25, -0.2) is 9.59 Å². The van der Waals surface area contributed by atoms with Crippen molar-refractivity contribution in [3.8, 4) is 0 Å². The van der Waals surface area contributed by atoms with Gasteiger partial charge < -0.3 is 59.8 Å². The molecule has 0 aromatic carbocycles. The Morgan fingerprint density at radius 1 is 0.683 bits per heavy atom. The predicted octanol–water partition coefficient (Wildman–Crippen LogP) is -3.75. The third-order valence-corrected chi connectivity index (χ3v) is 17.2. The van der Waals surface area contributed by atoms with Gasteiger partial charge in [0.2, 0.25) is 0 Å². The Kier molecular flexibility index (Phi) is 15.3. The fraction of sp³-hybridized carbons (Fsp3) is 0.857. The summed E-state index contributed by atoms with van der Waals surface area (Å²) in [6.45, 7) is 14.8. The van der Waals surface area contributed by atoms with Gasteiger partial charge in [0.1, 0.15) is 36.6 Å². The number of fused-ring (bicyclic) bond motifs is 7. The number of hydrogen-bond donors (Lipinski definition) is 8. The molecule has 0 spiro atoms. The number of carbonyl (C=O) groups is 4. The second-order valence-electron chi connectivity index (χ2n) is 20.6. The first-order valence-electron chi connectivity index (χ1n) is 20.7. The van der Waals surface area contributed by atoms with Crippen molar-refractivity contribution in [2.45, 2.75) is 174 Å². The summed E-state index contributed by atoms with van der Waals surface area (Å²) in [6, 6.07) is 0. The van der Waals surface area contributed by atoms with Crippen molar-refractivity contribution in [1.29, 1.82) is 0 Å². The van der Waals surface area contributed by atoms with E-state index in [1.807, 2.05) is 26.8 Å². The molecule has 18 heteroatoms. The Bertz CT molecular complexity index is 1740. The number of hydrogen-bond acceptors (Lipinski definition) is 13. The Balaban J connectivity index is 0.00000341. The molecule has 19 atom stereocenters. The van der Waals surface area contributed by atoms with Crippen LogP contribution in [0.15, 0.2) is 11.6 Å². The first-order valence-corrected chi connectivity index (χ1v) is 20.7. The van der Waals surface area contributed by atoms with Crippen LogP contribution in [0, 0.1) is 50.2 Å². The van der Waals surface area contributed by atoms with Gasteiger partial charge in [0.05, 0.1) is 11.5 Å². The van der Waals surface area contributed by atoms with Crippen molar-refractivity contribution in [3.63, 3.8) is 0 Å². The Morgan fingerprint density at radius 3 is 1.83 bits per heavy atom. The van der Waals surface area contributed by atoms with E-state index in [0.717, 1.165) is 37.7 Å². The molecule has 0 bridgehead atoms. The molecule has 326 valence electrons. The molecule has 6 fully saturated rings. The van der Waals surface area contributed by atoms with Gasteiger partial charge in [-0.15, -0.1) is 0 Å². The van der Waals surface area contributed by atoms with Crippen LogP contribution in [0.1, 0.15) is 106 Å². The molecule has 5 aliphatic carbocycles. The summed E-state index contributed by atoms with van der Waals surface area (Å²) in [6.07, 6.45) is -12.2. The van der Waals surface area contributed by atoms with Gasteiger partial charge >= 0.3 is 121 Å². The smallest absolute Gasteiger partial charge is 0.481 e. The zero-order chi connectivity index (χ0) is 42.9. The van der Waals surface area contributed by atoms with E-state index in [4.69, 9.17) is 18.9 Å². The van der Waals surface area contributed by atoms with Crippen LogP contribution in [0.2, 0.25) is 0 Å². The molecule has 2 heterocycles. The van der Waals surface area contributed by atoms with Gasteiger partial charge in [0.15, 0.2) is 30.6 Å². The zero-order valence-electron chi connectivity index (χ0n) is 36.4. The number of carbonyl (C=O) groups excluding carboxylic acids is 1. The van der Waals surface area contributed by atoms with E-state index in [2.05, 4.69) is 27.7 Å². The van der Waals surface area contributed by atoms with Gasteiger partial charge in [-0.2, -0.15) is 0 Å². The van der Waals surface area contributed by atoms with E-state index < -0.39 is 107 Å². The molecule has 0 aromatic heterocycles. The maximum atomic E-state index is 14.8. The van der Waals surface area contributed by atoms with Crippen LogP contribution in [0.25, 0.3) is 0 Å². The van der Waals surface area contributed by atoms with Crippen LogP contribution in [0.4, 0.5) is 0 Å². The maximum absolute atomic E-state index is 14.8. The number of carboxylic acid groups (broad SMARTS) is 3. The van der Waals surface area contributed by atoms with Gasteiger partial charge in [-0.1, -0.05) is 47.1 Å². The van der Waals surface area contributed by atoms with Crippen LogP contribution in [0.5, 0.6) is 0 Å². The standard InChI is InChI=1S/C42H62O16.2K/c1-37(2)21-8-11-42(7)31(20(43)16-18-19-17-39(4,36(53)54)13-12-38(19,3)14-15-41(18,42)6)40(21,5)10-9-22(37)55-35-30(26(47)25(46)29(57-35)33(51)52)58-34-27(48)23(44)24(45)28(56-34)32(49)50;;/h16,19,21-31,34-35,44-48H,8-15,17H2,1-7H3,(H,49,50)(H,51,52)(H,53,54);;/q;2*+1/t19?,21?,22-,23-,24-,25-,26-,27+,28-,29-,30+,31?,34-,35-,38+,39-,40-,41+,42+;;/m0../s1. The SMILES string of the molecule is CC1(C)C2CC[C@]3(C)C(C(=O)C=C4C5C[C@@](C)(C(=O)O)CC[C@]5(C)CC[C@]43C)[C@@]2(C)CC[C@@H]1O[C@H]1O[C@H](C(=O)O)[C@@H](O)[C@H](O)[C@H]1O[C@@H]1O[C@H](C(=O)O)[C@@H](O)[C@H](O)[C@H]1O.[K+].[K+]. The molecule has 0 radical (unpaired) electrons. The van der Waals surface area contributed by atoms with Crippen molar-refractivity contribution in [1.82, 2.24) is 0 Å². The second-order valence-corrected chi connectivity index (χ2v) is 20.6. The first-order chi connectivity index (χ1) is 26.8. The molecule has 0 amide bonds. The van der Waals surface area contributed by atoms with E-state index in [9.17, 15) is 60.0 Å². The third kappa shape index (κ3) is 7.97. The molecule has 7 rings (SSSR count). The number of rotatable bonds is 7. The molecule has 2 saturated heterocycles. The topological polar surface area (TPSA) is 267 Å². The fourth-order valence-electron chi connectivity index (χ4n) is 13.4. The number of aliphatic carboxylic acids is 3. The summed E-state index contributed by atoms with van der Waals surface area (Å²) in [5.41, 5.74) is -1.81. The Morgan fingerprint density at radius 2 is 1.25 bits per heavy atom. The summed E-state index contributed by atoms with van der Waals surface area (Å²) in [4.78, 5) is 51.3. The zero-order valence-corrected chi connectivity index (χ0v) is 42.6. The maximum Gasteiger partial charge on any atom is 1.00 e. The van der Waals surface area contributed by atoms with Crippen LogP contribution >= 0.6 is 0 Å². The summed E-state index contributed by atoms with van der Waals surface area (Å²) in [5.74, 6) is -4.47. The third-order valence-electron chi connectivity index (χ3n) is 17.2. The molecule has 16 nitrogen and oxygen atoms in total. The number of ketones is 1. The van der Waals surface area contributed by atoms with Crippen molar-refractivity contribution in [3.05, 3.63) is 11.6 Å². The van der Waals surface area contributed by atoms with Crippen molar-refractivity contribution < 1.29 is 182 Å². The van der Waals surface area contributed by atoms with Gasteiger partial charge in [0, 0.05) is 5.92 Å². The minimum atomic E-state index is -2.05. The Labute approximate surface area is 435 Å². The van der Waals surface area contributed by atoms with Gasteiger partial charge in [0.25, 0.3) is 0 Å². The number of ether oxygens (including phenoxy) is 4. The monoisotopic (exact) mass is 900 g/mol. The molecular formula is C42H62K2O16+2. The number of aliphatic hydroxyl groups is 5. The second kappa shape index (κ2) is 17.8. The molecule has 60 heavy (non-hydrogen) atoms. The van der Waals surface area contributed by atoms with Crippen molar-refractivity contribution in [2.75, 3.05) is 0 Å². The number of allylic oxidation sites excluding steroid dienone is 2.